The number of rotatable bonds is 9. The van der Waals surface area contributed by atoms with Gasteiger partial charge >= 0.3 is 0 Å². The van der Waals surface area contributed by atoms with Gasteiger partial charge in [-0.25, -0.2) is 0 Å². The molecule has 0 aromatic heterocycles. The largest absolute Gasteiger partial charge is 0.394 e. The first-order valence-corrected chi connectivity index (χ1v) is 16.9. The maximum atomic E-state index is 15.0. The fourth-order valence-electron chi connectivity index (χ4n) is 8.10. The lowest BCUT2D eigenvalue weighted by Gasteiger charge is -2.38. The van der Waals surface area contributed by atoms with E-state index >= 15 is 0 Å². The Labute approximate surface area is 281 Å². The summed E-state index contributed by atoms with van der Waals surface area (Å²) in [6.07, 6.45) is 6.85. The Balaban J connectivity index is 1.31. The number of amides is 3. The molecule has 4 aliphatic rings. The molecule has 0 bridgehead atoms. The Morgan fingerprint density at radius 1 is 0.854 bits per heavy atom. The van der Waals surface area contributed by atoms with Crippen molar-refractivity contribution in [3.05, 3.63) is 120 Å². The molecule has 4 heterocycles. The van der Waals surface area contributed by atoms with Crippen LogP contribution in [0.2, 0.25) is 0 Å². The topological polar surface area (TPSA) is 93.6 Å². The second-order valence-corrected chi connectivity index (χ2v) is 12.9. The zero-order valence-electron chi connectivity index (χ0n) is 27.4. The lowest BCUT2D eigenvalue weighted by atomic mass is 9.77. The average Bonchev–Trinajstić information content (AvgIpc) is 3.44. The summed E-state index contributed by atoms with van der Waals surface area (Å²) in [7, 11) is 0. The monoisotopic (exact) mass is 646 g/mol. The van der Waals surface area contributed by atoms with Gasteiger partial charge in [0.2, 0.25) is 11.8 Å². The molecule has 0 saturated carbocycles. The standard InChI is InChI=1S/C39H42N4O5/c1-3-40(4-2)29-18-20-30(21-19-29)42-24-12-22-39-34(37(46)43(35(39)38(42)47)31(26-44)28-15-9-6-10-16-28)33-32(48-39)17-11-23-41(36(33)45)25-27-13-7-5-8-14-27/h5-22,31-35,44H,3-4,23-26H2,1-2H3/t31-,32+,33-,34+,35?,39+/m1/s1. The number of benzene rings is 3. The first kappa shape index (κ1) is 31.8. The van der Waals surface area contributed by atoms with Crippen LogP contribution in [0.25, 0.3) is 0 Å². The van der Waals surface area contributed by atoms with E-state index in [0.29, 0.717) is 24.3 Å². The van der Waals surface area contributed by atoms with Gasteiger partial charge in [-0.2, -0.15) is 0 Å². The molecule has 3 amide bonds. The van der Waals surface area contributed by atoms with E-state index < -0.39 is 42.2 Å². The minimum atomic E-state index is -1.41. The van der Waals surface area contributed by atoms with Crippen LogP contribution in [0.3, 0.4) is 0 Å². The predicted molar refractivity (Wildman–Crippen MR) is 184 cm³/mol. The summed E-state index contributed by atoms with van der Waals surface area (Å²) < 4.78 is 6.86. The van der Waals surface area contributed by atoms with Gasteiger partial charge in [0.05, 0.1) is 30.6 Å². The quantitative estimate of drug-likeness (QED) is 0.348. The number of hydrogen-bond donors (Lipinski definition) is 1. The minimum absolute atomic E-state index is 0.182. The van der Waals surface area contributed by atoms with Crippen LogP contribution in [0.15, 0.2) is 109 Å². The van der Waals surface area contributed by atoms with Crippen molar-refractivity contribution in [3.63, 3.8) is 0 Å². The van der Waals surface area contributed by atoms with E-state index in [-0.39, 0.29) is 24.3 Å². The van der Waals surface area contributed by atoms with E-state index in [9.17, 15) is 19.5 Å². The van der Waals surface area contributed by atoms with Gasteiger partial charge in [-0.1, -0.05) is 85.0 Å². The van der Waals surface area contributed by atoms with Gasteiger partial charge < -0.3 is 29.4 Å². The van der Waals surface area contributed by atoms with Crippen LogP contribution in [-0.4, -0.2) is 83.2 Å². The van der Waals surface area contributed by atoms with Gasteiger partial charge in [-0.15, -0.1) is 0 Å². The normalized spacial score (nSPS) is 27.0. The third kappa shape index (κ3) is 5.22. The number of nitrogens with zero attached hydrogens (tertiary/aromatic N) is 4. The van der Waals surface area contributed by atoms with Gasteiger partial charge in [0, 0.05) is 44.1 Å². The van der Waals surface area contributed by atoms with Crippen molar-refractivity contribution in [2.24, 2.45) is 11.8 Å². The second kappa shape index (κ2) is 13.1. The summed E-state index contributed by atoms with van der Waals surface area (Å²) in [4.78, 5) is 51.5. The van der Waals surface area contributed by atoms with E-state index in [4.69, 9.17) is 4.74 Å². The summed E-state index contributed by atoms with van der Waals surface area (Å²) in [6, 6.07) is 25.0. The lowest BCUT2D eigenvalue weighted by molar-refractivity contribution is -0.147. The van der Waals surface area contributed by atoms with Crippen molar-refractivity contribution in [3.8, 4) is 0 Å². The molecule has 1 unspecified atom stereocenters. The van der Waals surface area contributed by atoms with E-state index in [1.54, 1.807) is 9.80 Å². The van der Waals surface area contributed by atoms with Crippen LogP contribution in [0.1, 0.15) is 31.0 Å². The number of hydrogen-bond acceptors (Lipinski definition) is 6. The summed E-state index contributed by atoms with van der Waals surface area (Å²) in [5, 5.41) is 10.8. The van der Waals surface area contributed by atoms with Gasteiger partial charge in [0.15, 0.2) is 0 Å². The molecular formula is C39H42N4O5. The van der Waals surface area contributed by atoms with E-state index in [1.807, 2.05) is 109 Å². The maximum absolute atomic E-state index is 15.0. The zero-order chi connectivity index (χ0) is 33.4. The zero-order valence-corrected chi connectivity index (χ0v) is 27.4. The number of carbonyl (C=O) groups excluding carboxylic acids is 3. The van der Waals surface area contributed by atoms with E-state index in [2.05, 4.69) is 18.7 Å². The molecule has 3 aromatic carbocycles. The number of ether oxygens (including phenoxy) is 1. The molecule has 6 atom stereocenters. The first-order chi connectivity index (χ1) is 23.4. The third-order valence-corrected chi connectivity index (χ3v) is 10.4. The molecule has 9 heteroatoms. The molecule has 3 aromatic rings. The molecule has 0 radical (unpaired) electrons. The van der Waals surface area contributed by atoms with Crippen molar-refractivity contribution in [2.75, 3.05) is 42.6 Å². The number of aliphatic hydroxyl groups excluding tert-OH is 1. The Morgan fingerprint density at radius 3 is 2.21 bits per heavy atom. The van der Waals surface area contributed by atoms with Crippen LogP contribution in [0, 0.1) is 11.8 Å². The highest BCUT2D eigenvalue weighted by atomic mass is 16.5. The van der Waals surface area contributed by atoms with Crippen molar-refractivity contribution in [1.82, 2.24) is 9.80 Å². The molecule has 2 fully saturated rings. The van der Waals surface area contributed by atoms with Crippen LogP contribution in [0.4, 0.5) is 11.4 Å². The molecule has 248 valence electrons. The predicted octanol–water partition coefficient (Wildman–Crippen LogP) is 4.35. The summed E-state index contributed by atoms with van der Waals surface area (Å²) in [5.74, 6) is -2.65. The molecule has 0 aliphatic carbocycles. The van der Waals surface area contributed by atoms with Crippen molar-refractivity contribution in [2.45, 2.75) is 44.2 Å². The van der Waals surface area contributed by atoms with Crippen molar-refractivity contribution >= 4 is 29.1 Å². The van der Waals surface area contributed by atoms with Gasteiger partial charge in [-0.05, 0) is 49.2 Å². The maximum Gasteiger partial charge on any atom is 0.253 e. The van der Waals surface area contributed by atoms with E-state index in [0.717, 1.165) is 24.3 Å². The molecule has 9 nitrogen and oxygen atoms in total. The van der Waals surface area contributed by atoms with Gasteiger partial charge in [0.25, 0.3) is 5.91 Å². The Hall–Kier alpha value is -4.73. The van der Waals surface area contributed by atoms with Crippen molar-refractivity contribution < 1.29 is 24.2 Å². The fraction of sp³-hybridized carbons (Fsp3) is 0.359. The molecular weight excluding hydrogens is 604 g/mol. The molecule has 2 saturated heterocycles. The van der Waals surface area contributed by atoms with Crippen molar-refractivity contribution in [1.29, 1.82) is 0 Å². The highest BCUT2D eigenvalue weighted by Crippen LogP contribution is 2.55. The molecule has 1 N–H and O–H groups in total. The summed E-state index contributed by atoms with van der Waals surface area (Å²) >= 11 is 0. The van der Waals surface area contributed by atoms with Crippen LogP contribution >= 0.6 is 0 Å². The fourth-order valence-corrected chi connectivity index (χ4v) is 8.10. The average molecular weight is 647 g/mol. The Kier molecular flexibility index (Phi) is 8.66. The highest BCUT2D eigenvalue weighted by Gasteiger charge is 2.72. The van der Waals surface area contributed by atoms with Gasteiger partial charge in [-0.3, -0.25) is 14.4 Å². The smallest absolute Gasteiger partial charge is 0.253 e. The first-order valence-electron chi connectivity index (χ1n) is 16.9. The highest BCUT2D eigenvalue weighted by molar-refractivity contribution is 6.06. The number of likely N-dealkylation sites (tertiary alicyclic amines) is 1. The van der Waals surface area contributed by atoms with Gasteiger partial charge in [0.1, 0.15) is 11.6 Å². The molecule has 1 spiro atoms. The lowest BCUT2D eigenvalue weighted by Crippen LogP contribution is -2.56. The minimum Gasteiger partial charge on any atom is -0.394 e. The number of aliphatic hydroxyl groups is 1. The van der Waals surface area contributed by atoms with Crippen LogP contribution in [0.5, 0.6) is 0 Å². The molecule has 4 aliphatic heterocycles. The number of fused-ring (bicyclic) bond motifs is 2. The SMILES string of the molecule is CCN(CC)c1ccc(N2CC=C[C@]34O[C@H]5C=CCN(Cc6ccccc6)C(=O)[C@H]5[C@H]3C(=O)N([C@H](CO)c3ccccc3)C4C2=O)cc1. The molecule has 48 heavy (non-hydrogen) atoms. The van der Waals surface area contributed by atoms with E-state index in [1.165, 1.54) is 4.90 Å². The van der Waals surface area contributed by atoms with Crippen LogP contribution in [-0.2, 0) is 25.7 Å². The van der Waals surface area contributed by atoms with Crippen LogP contribution < -0.4 is 9.80 Å². The summed E-state index contributed by atoms with van der Waals surface area (Å²) in [6.45, 7) is 6.59. The number of anilines is 2. The number of carbonyl (C=O) groups is 3. The second-order valence-electron chi connectivity index (χ2n) is 12.9. The Morgan fingerprint density at radius 2 is 1.54 bits per heavy atom. The Bertz CT molecular complexity index is 1710. The third-order valence-electron chi connectivity index (χ3n) is 10.4. The summed E-state index contributed by atoms with van der Waals surface area (Å²) in [5.41, 5.74) is 2.04. The molecule has 7 rings (SSSR count).